The maximum absolute atomic E-state index is 13.2. The summed E-state index contributed by atoms with van der Waals surface area (Å²) in [6.45, 7) is 2.82. The van der Waals surface area contributed by atoms with Crippen molar-refractivity contribution in [2.45, 2.75) is 38.8 Å². The number of rotatable bonds is 7. The number of nitrogens with one attached hydrogen (secondary N) is 1. The Morgan fingerprint density at radius 3 is 2.68 bits per heavy atom. The van der Waals surface area contributed by atoms with Gasteiger partial charge in [-0.25, -0.2) is 4.68 Å². The first-order chi connectivity index (χ1) is 18.6. The van der Waals surface area contributed by atoms with E-state index in [-0.39, 0.29) is 11.5 Å². The summed E-state index contributed by atoms with van der Waals surface area (Å²) in [5, 5.41) is 18.1. The molecule has 1 aromatic heterocycles. The van der Waals surface area contributed by atoms with E-state index in [0.717, 1.165) is 29.7 Å². The molecule has 0 spiro atoms. The topological polar surface area (TPSA) is 98.5 Å². The lowest BCUT2D eigenvalue weighted by Gasteiger charge is -2.32. The Labute approximate surface area is 220 Å². The number of aromatic hydroxyl groups is 1. The van der Waals surface area contributed by atoms with Crippen LogP contribution in [0.25, 0.3) is 11.4 Å². The molecule has 0 bridgehead atoms. The number of benzene rings is 3. The summed E-state index contributed by atoms with van der Waals surface area (Å²) in [6, 6.07) is 22.1. The smallest absolute Gasteiger partial charge is 0.226 e. The average Bonchev–Trinajstić information content (AvgIpc) is 3.36. The van der Waals surface area contributed by atoms with Crippen LogP contribution in [0.2, 0.25) is 0 Å². The van der Waals surface area contributed by atoms with Crippen molar-refractivity contribution in [2.24, 2.45) is 0 Å². The fourth-order valence-corrected chi connectivity index (χ4v) is 5.05. The van der Waals surface area contributed by atoms with Crippen LogP contribution < -0.4 is 14.8 Å². The SMILES string of the molecule is CCOc1cc(C2C3=C(CCCC3=O)Nc3nc(-c4cccc(O)c4)nn32)ccc1OCc1ccccc1. The third-order valence-corrected chi connectivity index (χ3v) is 6.79. The number of aromatic nitrogens is 3. The minimum absolute atomic E-state index is 0.103. The van der Waals surface area contributed by atoms with Gasteiger partial charge in [-0.3, -0.25) is 4.79 Å². The van der Waals surface area contributed by atoms with Gasteiger partial charge in [0.1, 0.15) is 18.4 Å². The van der Waals surface area contributed by atoms with Crippen molar-refractivity contribution in [3.05, 3.63) is 95.2 Å². The van der Waals surface area contributed by atoms with E-state index in [9.17, 15) is 9.90 Å². The zero-order chi connectivity index (χ0) is 26.1. The Morgan fingerprint density at radius 2 is 1.87 bits per heavy atom. The van der Waals surface area contributed by atoms with Crippen LogP contribution in [-0.2, 0) is 11.4 Å². The molecule has 38 heavy (non-hydrogen) atoms. The molecule has 0 saturated carbocycles. The van der Waals surface area contributed by atoms with Crippen molar-refractivity contribution in [1.82, 2.24) is 14.8 Å². The van der Waals surface area contributed by atoms with Gasteiger partial charge in [0, 0.05) is 23.3 Å². The molecular formula is C30H28N4O4. The second kappa shape index (κ2) is 10.0. The van der Waals surface area contributed by atoms with Crippen LogP contribution in [-0.4, -0.2) is 32.3 Å². The molecule has 2 aliphatic rings. The molecular weight excluding hydrogens is 480 g/mol. The molecule has 3 aromatic carbocycles. The van der Waals surface area contributed by atoms with E-state index < -0.39 is 6.04 Å². The zero-order valence-electron chi connectivity index (χ0n) is 21.1. The molecule has 4 aromatic rings. The molecule has 8 heteroatoms. The van der Waals surface area contributed by atoms with Crippen LogP contribution in [0.3, 0.4) is 0 Å². The fourth-order valence-electron chi connectivity index (χ4n) is 5.05. The number of fused-ring (bicyclic) bond motifs is 1. The molecule has 1 aliphatic heterocycles. The first-order valence-electron chi connectivity index (χ1n) is 12.8. The normalized spacial score (nSPS) is 16.4. The molecule has 0 saturated heterocycles. The number of hydrogen-bond donors (Lipinski definition) is 2. The number of nitrogens with zero attached hydrogens (tertiary/aromatic N) is 3. The van der Waals surface area contributed by atoms with Crippen molar-refractivity contribution >= 4 is 11.7 Å². The lowest BCUT2D eigenvalue weighted by Crippen LogP contribution is -2.31. The predicted molar refractivity (Wildman–Crippen MR) is 143 cm³/mol. The van der Waals surface area contributed by atoms with Crippen molar-refractivity contribution in [3.63, 3.8) is 0 Å². The summed E-state index contributed by atoms with van der Waals surface area (Å²) in [5.41, 5.74) is 4.20. The molecule has 1 aliphatic carbocycles. The van der Waals surface area contributed by atoms with Gasteiger partial charge in [-0.05, 0) is 55.2 Å². The fraction of sp³-hybridized carbons (Fsp3) is 0.233. The third-order valence-electron chi connectivity index (χ3n) is 6.79. The van der Waals surface area contributed by atoms with E-state index in [0.29, 0.717) is 54.0 Å². The van der Waals surface area contributed by atoms with Gasteiger partial charge in [0.2, 0.25) is 5.95 Å². The predicted octanol–water partition coefficient (Wildman–Crippen LogP) is 5.65. The van der Waals surface area contributed by atoms with Crippen LogP contribution in [0.1, 0.15) is 43.4 Å². The minimum atomic E-state index is -0.463. The standard InChI is InChI=1S/C30H28N4O4/c1-2-37-26-17-20(14-15-25(26)38-18-19-8-4-3-5-9-19)28-27-23(12-7-13-24(27)36)31-30-32-29(33-34(28)30)21-10-6-11-22(35)16-21/h3-6,8-11,14-17,28,35H,2,7,12-13,18H2,1H3,(H,31,32,33). The largest absolute Gasteiger partial charge is 0.508 e. The van der Waals surface area contributed by atoms with Gasteiger partial charge in [-0.2, -0.15) is 4.98 Å². The van der Waals surface area contributed by atoms with Crippen molar-refractivity contribution in [2.75, 3.05) is 11.9 Å². The number of ether oxygens (including phenoxy) is 2. The molecule has 1 atom stereocenters. The molecule has 1 unspecified atom stereocenters. The van der Waals surface area contributed by atoms with Crippen LogP contribution in [0.4, 0.5) is 5.95 Å². The summed E-state index contributed by atoms with van der Waals surface area (Å²) in [7, 11) is 0. The number of Topliss-reactive ketones (excluding diaryl/α,β-unsaturated/α-hetero) is 1. The zero-order valence-corrected chi connectivity index (χ0v) is 21.1. The lowest BCUT2D eigenvalue weighted by atomic mass is 9.85. The average molecular weight is 509 g/mol. The Bertz CT molecular complexity index is 1530. The van der Waals surface area contributed by atoms with Gasteiger partial charge in [0.15, 0.2) is 23.1 Å². The number of carbonyl (C=O) groups is 1. The monoisotopic (exact) mass is 508 g/mol. The van der Waals surface area contributed by atoms with Gasteiger partial charge in [-0.15, -0.1) is 5.10 Å². The summed E-state index contributed by atoms with van der Waals surface area (Å²) >= 11 is 0. The molecule has 2 N–H and O–H groups in total. The Morgan fingerprint density at radius 1 is 1.00 bits per heavy atom. The van der Waals surface area contributed by atoms with E-state index in [1.165, 1.54) is 0 Å². The highest BCUT2D eigenvalue weighted by Crippen LogP contribution is 2.43. The Hall–Kier alpha value is -4.59. The molecule has 0 fully saturated rings. The molecule has 8 nitrogen and oxygen atoms in total. The summed E-state index contributed by atoms with van der Waals surface area (Å²) in [6.07, 6.45) is 2.06. The highest BCUT2D eigenvalue weighted by Gasteiger charge is 2.37. The van der Waals surface area contributed by atoms with Crippen LogP contribution in [0.5, 0.6) is 17.2 Å². The van der Waals surface area contributed by atoms with Crippen molar-refractivity contribution in [1.29, 1.82) is 0 Å². The van der Waals surface area contributed by atoms with Gasteiger partial charge < -0.3 is 19.9 Å². The molecule has 0 amide bonds. The van der Waals surface area contributed by atoms with Gasteiger partial charge in [0.25, 0.3) is 0 Å². The minimum Gasteiger partial charge on any atom is -0.508 e. The second-order valence-electron chi connectivity index (χ2n) is 9.36. The highest BCUT2D eigenvalue weighted by atomic mass is 16.5. The molecule has 192 valence electrons. The van der Waals surface area contributed by atoms with E-state index in [4.69, 9.17) is 19.6 Å². The maximum Gasteiger partial charge on any atom is 0.226 e. The Kier molecular flexibility index (Phi) is 6.29. The first kappa shape index (κ1) is 23.8. The van der Waals surface area contributed by atoms with Crippen LogP contribution in [0, 0.1) is 0 Å². The summed E-state index contributed by atoms with van der Waals surface area (Å²) in [4.78, 5) is 18.0. The number of phenols is 1. The molecule has 0 radical (unpaired) electrons. The van der Waals surface area contributed by atoms with E-state index >= 15 is 0 Å². The van der Waals surface area contributed by atoms with Crippen LogP contribution in [0.15, 0.2) is 84.1 Å². The number of carbonyl (C=O) groups excluding carboxylic acids is 1. The first-order valence-corrected chi connectivity index (χ1v) is 12.8. The molecule has 6 rings (SSSR count). The van der Waals surface area contributed by atoms with E-state index in [1.54, 1.807) is 22.9 Å². The Balaban J connectivity index is 1.41. The molecule has 2 heterocycles. The highest BCUT2D eigenvalue weighted by molar-refractivity contribution is 5.99. The van der Waals surface area contributed by atoms with Crippen molar-refractivity contribution < 1.29 is 19.4 Å². The number of anilines is 1. The third kappa shape index (κ3) is 4.49. The number of hydrogen-bond acceptors (Lipinski definition) is 7. The second-order valence-corrected chi connectivity index (χ2v) is 9.36. The van der Waals surface area contributed by atoms with Gasteiger partial charge >= 0.3 is 0 Å². The van der Waals surface area contributed by atoms with Crippen LogP contribution >= 0.6 is 0 Å². The van der Waals surface area contributed by atoms with E-state index in [2.05, 4.69) is 5.32 Å². The number of ketones is 1. The lowest BCUT2D eigenvalue weighted by molar-refractivity contribution is -0.116. The van der Waals surface area contributed by atoms with Gasteiger partial charge in [-0.1, -0.05) is 48.5 Å². The maximum atomic E-state index is 13.2. The summed E-state index contributed by atoms with van der Waals surface area (Å²) < 4.78 is 13.9. The summed E-state index contributed by atoms with van der Waals surface area (Å²) in [5.74, 6) is 2.51. The number of phenolic OH excluding ortho intramolecular Hbond substituents is 1. The van der Waals surface area contributed by atoms with E-state index in [1.807, 2.05) is 61.5 Å². The number of allylic oxidation sites excluding steroid dienone is 2. The van der Waals surface area contributed by atoms with Gasteiger partial charge in [0.05, 0.1) is 6.61 Å². The van der Waals surface area contributed by atoms with Crippen molar-refractivity contribution in [3.8, 4) is 28.6 Å². The quantitative estimate of drug-likeness (QED) is 0.333.